The van der Waals surface area contributed by atoms with Gasteiger partial charge in [-0.15, -0.1) is 0 Å². The lowest BCUT2D eigenvalue weighted by molar-refractivity contribution is -0.385. The minimum absolute atomic E-state index is 0.0845. The van der Waals surface area contributed by atoms with Crippen molar-refractivity contribution in [3.8, 4) is 5.75 Å². The molecule has 80 valence electrons. The molecule has 15 heavy (non-hydrogen) atoms. The summed E-state index contributed by atoms with van der Waals surface area (Å²) in [4.78, 5) is 20.6. The lowest BCUT2D eigenvalue weighted by Crippen LogP contribution is -2.20. The summed E-state index contributed by atoms with van der Waals surface area (Å²) in [6, 6.07) is 4.51. The van der Waals surface area contributed by atoms with Crippen molar-refractivity contribution in [2.75, 3.05) is 6.61 Å². The summed E-state index contributed by atoms with van der Waals surface area (Å²) in [6.07, 6.45) is 0. The number of aryl methyl sites for hydroxylation is 1. The van der Waals surface area contributed by atoms with Crippen LogP contribution < -0.4 is 10.5 Å². The second-order valence-corrected chi connectivity index (χ2v) is 2.94. The van der Waals surface area contributed by atoms with Crippen LogP contribution in [0.25, 0.3) is 0 Å². The Morgan fingerprint density at radius 2 is 2.27 bits per heavy atom. The highest BCUT2D eigenvalue weighted by Crippen LogP contribution is 2.29. The van der Waals surface area contributed by atoms with Crippen molar-refractivity contribution in [1.82, 2.24) is 0 Å². The summed E-state index contributed by atoms with van der Waals surface area (Å²) in [7, 11) is 0. The summed E-state index contributed by atoms with van der Waals surface area (Å²) in [5.41, 5.74) is 5.30. The van der Waals surface area contributed by atoms with E-state index in [1.807, 2.05) is 0 Å². The maximum atomic E-state index is 10.6. The Labute approximate surface area is 85.8 Å². The van der Waals surface area contributed by atoms with Gasteiger partial charge in [-0.05, 0) is 12.5 Å². The molecule has 0 aliphatic rings. The van der Waals surface area contributed by atoms with Gasteiger partial charge in [-0.25, -0.2) is 0 Å². The van der Waals surface area contributed by atoms with E-state index in [-0.39, 0.29) is 18.0 Å². The van der Waals surface area contributed by atoms with E-state index in [0.717, 1.165) is 0 Å². The Morgan fingerprint density at radius 1 is 1.60 bits per heavy atom. The highest BCUT2D eigenvalue weighted by molar-refractivity contribution is 5.75. The summed E-state index contributed by atoms with van der Waals surface area (Å²) in [5, 5.41) is 10.6. The van der Waals surface area contributed by atoms with E-state index in [4.69, 9.17) is 10.5 Å². The number of hydrogen-bond acceptors (Lipinski definition) is 4. The number of benzene rings is 1. The Balaban J connectivity index is 3.02. The predicted molar refractivity (Wildman–Crippen MR) is 52.5 cm³/mol. The number of carbonyl (C=O) groups is 1. The van der Waals surface area contributed by atoms with Crippen LogP contribution in [0.2, 0.25) is 0 Å². The van der Waals surface area contributed by atoms with Gasteiger partial charge in [0.25, 0.3) is 5.91 Å². The van der Waals surface area contributed by atoms with Crippen LogP contribution in [0.3, 0.4) is 0 Å². The number of nitro benzene ring substituents is 1. The molecule has 0 aliphatic heterocycles. The Hall–Kier alpha value is -2.11. The molecule has 0 aliphatic carbocycles. The molecule has 0 heterocycles. The molecule has 6 heteroatoms. The minimum atomic E-state index is -0.674. The minimum Gasteiger partial charge on any atom is -0.477 e. The molecule has 0 saturated heterocycles. The van der Waals surface area contributed by atoms with Crippen molar-refractivity contribution in [3.05, 3.63) is 33.9 Å². The molecular formula is C9H10N2O4. The quantitative estimate of drug-likeness (QED) is 0.586. The Bertz CT molecular complexity index is 403. The van der Waals surface area contributed by atoms with Gasteiger partial charge in [0, 0.05) is 6.07 Å². The zero-order valence-corrected chi connectivity index (χ0v) is 8.10. The number of carbonyl (C=O) groups excluding carboxylic acids is 1. The summed E-state index contributed by atoms with van der Waals surface area (Å²) in [6.45, 7) is 1.29. The summed E-state index contributed by atoms with van der Waals surface area (Å²) >= 11 is 0. The third kappa shape index (κ3) is 2.67. The van der Waals surface area contributed by atoms with Crippen LogP contribution >= 0.6 is 0 Å². The maximum Gasteiger partial charge on any atom is 0.311 e. The number of para-hydroxylation sites is 1. The van der Waals surface area contributed by atoms with Crippen LogP contribution in [0.5, 0.6) is 5.75 Å². The molecule has 0 radical (unpaired) electrons. The number of rotatable bonds is 4. The first-order chi connectivity index (χ1) is 7.02. The highest BCUT2D eigenvalue weighted by Gasteiger charge is 2.17. The van der Waals surface area contributed by atoms with Crippen molar-refractivity contribution >= 4 is 11.6 Å². The third-order valence-electron chi connectivity index (χ3n) is 1.75. The fourth-order valence-corrected chi connectivity index (χ4v) is 1.11. The van der Waals surface area contributed by atoms with Crippen molar-refractivity contribution in [1.29, 1.82) is 0 Å². The van der Waals surface area contributed by atoms with Gasteiger partial charge in [0.2, 0.25) is 5.75 Å². The number of primary amides is 1. The smallest absolute Gasteiger partial charge is 0.311 e. The van der Waals surface area contributed by atoms with Crippen molar-refractivity contribution in [2.24, 2.45) is 5.73 Å². The fraction of sp³-hybridized carbons (Fsp3) is 0.222. The average molecular weight is 210 g/mol. The summed E-state index contributed by atoms with van der Waals surface area (Å²) < 4.78 is 4.97. The monoisotopic (exact) mass is 210 g/mol. The predicted octanol–water partition coefficient (Wildman–Crippen LogP) is 0.767. The highest BCUT2D eigenvalue weighted by atomic mass is 16.6. The van der Waals surface area contributed by atoms with Crippen LogP contribution in [-0.4, -0.2) is 17.4 Å². The maximum absolute atomic E-state index is 10.6. The molecule has 0 saturated carbocycles. The SMILES string of the molecule is Cc1cccc([N+](=O)[O-])c1OCC(N)=O. The van der Waals surface area contributed by atoms with Gasteiger partial charge in [-0.3, -0.25) is 14.9 Å². The van der Waals surface area contributed by atoms with Gasteiger partial charge in [0.15, 0.2) is 6.61 Å². The fourth-order valence-electron chi connectivity index (χ4n) is 1.11. The molecule has 0 unspecified atom stereocenters. The van der Waals surface area contributed by atoms with Gasteiger partial charge in [-0.2, -0.15) is 0 Å². The van der Waals surface area contributed by atoms with Gasteiger partial charge in [-0.1, -0.05) is 12.1 Å². The van der Waals surface area contributed by atoms with Gasteiger partial charge in [0.05, 0.1) is 4.92 Å². The molecule has 1 aromatic carbocycles. The molecule has 1 aromatic rings. The van der Waals surface area contributed by atoms with Crippen LogP contribution in [0.1, 0.15) is 5.56 Å². The second kappa shape index (κ2) is 4.41. The molecule has 0 aromatic heterocycles. The number of nitro groups is 1. The van der Waals surface area contributed by atoms with Crippen LogP contribution in [0, 0.1) is 17.0 Å². The van der Waals surface area contributed by atoms with Crippen LogP contribution in [0.15, 0.2) is 18.2 Å². The number of nitrogens with two attached hydrogens (primary N) is 1. The lowest BCUT2D eigenvalue weighted by Gasteiger charge is -2.06. The van der Waals surface area contributed by atoms with Crippen molar-refractivity contribution in [3.63, 3.8) is 0 Å². The Morgan fingerprint density at radius 3 is 2.80 bits per heavy atom. The average Bonchev–Trinajstić information content (AvgIpc) is 2.15. The molecule has 0 atom stereocenters. The van der Waals surface area contributed by atoms with E-state index in [1.165, 1.54) is 6.07 Å². The van der Waals surface area contributed by atoms with Crippen molar-refractivity contribution in [2.45, 2.75) is 6.92 Å². The molecule has 2 N–H and O–H groups in total. The van der Waals surface area contributed by atoms with Gasteiger partial charge >= 0.3 is 5.69 Å². The van der Waals surface area contributed by atoms with E-state index in [2.05, 4.69) is 0 Å². The number of amides is 1. The normalized spacial score (nSPS) is 9.67. The summed E-state index contributed by atoms with van der Waals surface area (Å²) in [5.74, 6) is -0.589. The first-order valence-electron chi connectivity index (χ1n) is 4.17. The standard InChI is InChI=1S/C9H10N2O4/c1-6-3-2-4-7(11(13)14)9(6)15-5-8(10)12/h2-4H,5H2,1H3,(H2,10,12). The van der Waals surface area contributed by atoms with E-state index in [0.29, 0.717) is 5.56 Å². The lowest BCUT2D eigenvalue weighted by atomic mass is 10.2. The molecule has 0 fully saturated rings. The van der Waals surface area contributed by atoms with E-state index >= 15 is 0 Å². The topological polar surface area (TPSA) is 95.5 Å². The number of ether oxygens (including phenoxy) is 1. The number of nitrogens with zero attached hydrogens (tertiary/aromatic N) is 1. The molecule has 0 bridgehead atoms. The molecule has 0 spiro atoms. The molecule has 6 nitrogen and oxygen atoms in total. The van der Waals surface area contributed by atoms with Crippen LogP contribution in [-0.2, 0) is 4.79 Å². The van der Waals surface area contributed by atoms with E-state index in [1.54, 1.807) is 19.1 Å². The van der Waals surface area contributed by atoms with E-state index in [9.17, 15) is 14.9 Å². The number of hydrogen-bond donors (Lipinski definition) is 1. The zero-order valence-electron chi connectivity index (χ0n) is 8.10. The Kier molecular flexibility index (Phi) is 3.22. The molecule has 1 rings (SSSR count). The van der Waals surface area contributed by atoms with Gasteiger partial charge in [0.1, 0.15) is 0 Å². The largest absolute Gasteiger partial charge is 0.477 e. The first-order valence-corrected chi connectivity index (χ1v) is 4.17. The van der Waals surface area contributed by atoms with Crippen LogP contribution in [0.4, 0.5) is 5.69 Å². The van der Waals surface area contributed by atoms with Crippen molar-refractivity contribution < 1.29 is 14.5 Å². The zero-order chi connectivity index (χ0) is 11.4. The second-order valence-electron chi connectivity index (χ2n) is 2.94. The third-order valence-corrected chi connectivity index (χ3v) is 1.75. The first kappa shape index (κ1) is 11.0. The van der Waals surface area contributed by atoms with E-state index < -0.39 is 10.8 Å². The molecule has 1 amide bonds. The van der Waals surface area contributed by atoms with Gasteiger partial charge < -0.3 is 10.5 Å². The molecular weight excluding hydrogens is 200 g/mol.